The van der Waals surface area contributed by atoms with Crippen LogP contribution < -0.4 is 10.6 Å². The Hall–Kier alpha value is -2.39. The molecule has 1 aromatic carbocycles. The molecule has 3 rings (SSSR count). The largest absolute Gasteiger partial charge is 0.323 e. The number of hydrogen-bond donors (Lipinski definition) is 2. The summed E-state index contributed by atoms with van der Waals surface area (Å²) in [6, 6.07) is 10.2. The van der Waals surface area contributed by atoms with E-state index in [2.05, 4.69) is 16.7 Å². The summed E-state index contributed by atoms with van der Waals surface area (Å²) < 4.78 is 0. The molecule has 6 nitrogen and oxygen atoms in total. The first-order valence-corrected chi connectivity index (χ1v) is 5.54. The molecule has 0 spiro atoms. The molecule has 2 saturated heterocycles. The second-order valence-corrected chi connectivity index (χ2v) is 4.28. The zero-order valence-corrected chi connectivity index (χ0v) is 9.38. The zero-order valence-electron chi connectivity index (χ0n) is 9.38. The Bertz CT molecular complexity index is 565. The van der Waals surface area contributed by atoms with Gasteiger partial charge in [0.15, 0.2) is 0 Å². The average molecular weight is 242 g/mol. The van der Waals surface area contributed by atoms with Crippen LogP contribution in [0.15, 0.2) is 30.3 Å². The predicted molar refractivity (Wildman–Crippen MR) is 60.9 cm³/mol. The van der Waals surface area contributed by atoms with Gasteiger partial charge in [-0.25, -0.2) is 9.69 Å². The van der Waals surface area contributed by atoms with Gasteiger partial charge in [-0.3, -0.25) is 10.1 Å². The van der Waals surface area contributed by atoms with Crippen molar-refractivity contribution in [3.63, 3.8) is 0 Å². The number of rotatable bonds is 2. The third-order valence-electron chi connectivity index (χ3n) is 3.23. The third kappa shape index (κ3) is 1.31. The lowest BCUT2D eigenvalue weighted by atomic mass is 9.99. The van der Waals surface area contributed by atoms with Crippen molar-refractivity contribution in [3.05, 3.63) is 35.9 Å². The Labute approximate surface area is 103 Å². The van der Waals surface area contributed by atoms with Crippen LogP contribution >= 0.6 is 0 Å². The van der Waals surface area contributed by atoms with E-state index in [1.165, 1.54) is 0 Å². The van der Waals surface area contributed by atoms with Gasteiger partial charge in [0.25, 0.3) is 5.91 Å². The Balaban J connectivity index is 2.08. The lowest BCUT2D eigenvalue weighted by Crippen LogP contribution is -2.51. The first-order valence-electron chi connectivity index (χ1n) is 5.54. The van der Waals surface area contributed by atoms with Crippen molar-refractivity contribution < 1.29 is 9.59 Å². The van der Waals surface area contributed by atoms with Gasteiger partial charge in [0.2, 0.25) is 5.66 Å². The minimum absolute atomic E-state index is 0.339. The highest BCUT2D eigenvalue weighted by Gasteiger charge is 2.60. The first kappa shape index (κ1) is 10.7. The number of carbonyl (C=O) groups is 2. The van der Waals surface area contributed by atoms with Crippen LogP contribution in [-0.4, -0.2) is 29.4 Å². The summed E-state index contributed by atoms with van der Waals surface area (Å²) in [4.78, 5) is 25.2. The molecule has 0 aromatic heterocycles. The second kappa shape index (κ2) is 3.55. The van der Waals surface area contributed by atoms with Crippen LogP contribution in [0.2, 0.25) is 0 Å². The second-order valence-electron chi connectivity index (χ2n) is 4.28. The van der Waals surface area contributed by atoms with E-state index in [1.807, 2.05) is 6.07 Å². The minimum Gasteiger partial charge on any atom is -0.307 e. The molecule has 2 aliphatic rings. The van der Waals surface area contributed by atoms with Crippen molar-refractivity contribution in [2.45, 2.75) is 11.7 Å². The van der Waals surface area contributed by atoms with E-state index in [9.17, 15) is 9.59 Å². The highest BCUT2D eigenvalue weighted by molar-refractivity contribution is 6.07. The maximum atomic E-state index is 12.1. The van der Waals surface area contributed by atoms with Crippen molar-refractivity contribution in [2.75, 3.05) is 6.54 Å². The molecule has 90 valence electrons. The zero-order chi connectivity index (χ0) is 12.8. The summed E-state index contributed by atoms with van der Waals surface area (Å²) >= 11 is 0. The minimum atomic E-state index is -1.24. The summed E-state index contributed by atoms with van der Waals surface area (Å²) in [7, 11) is 0. The fourth-order valence-corrected chi connectivity index (χ4v) is 2.32. The number of amides is 3. The van der Waals surface area contributed by atoms with Crippen molar-refractivity contribution in [3.8, 4) is 6.07 Å². The molecule has 0 saturated carbocycles. The molecule has 0 radical (unpaired) electrons. The quantitative estimate of drug-likeness (QED) is 0.559. The monoisotopic (exact) mass is 242 g/mol. The van der Waals surface area contributed by atoms with Crippen molar-refractivity contribution >= 4 is 11.9 Å². The molecule has 18 heavy (non-hydrogen) atoms. The average Bonchev–Trinajstić information content (AvgIpc) is 3.10. The Morgan fingerprint density at radius 1 is 1.33 bits per heavy atom. The molecule has 2 heterocycles. The van der Waals surface area contributed by atoms with Gasteiger partial charge in [-0.1, -0.05) is 30.3 Å². The molecular formula is C12H10N4O2. The SMILES string of the molecule is N#CC1CN1C1(c2ccccc2)NC(=O)NC1=O. The molecule has 0 aliphatic carbocycles. The number of urea groups is 1. The lowest BCUT2D eigenvalue weighted by Gasteiger charge is -2.28. The first-order chi connectivity index (χ1) is 8.68. The maximum Gasteiger partial charge on any atom is 0.323 e. The number of carbonyl (C=O) groups excluding carboxylic acids is 2. The Morgan fingerprint density at radius 3 is 2.56 bits per heavy atom. The summed E-state index contributed by atoms with van der Waals surface area (Å²) in [5.74, 6) is -0.434. The van der Waals surface area contributed by atoms with E-state index in [4.69, 9.17) is 5.26 Å². The van der Waals surface area contributed by atoms with E-state index in [-0.39, 0.29) is 6.04 Å². The van der Waals surface area contributed by atoms with Crippen LogP contribution in [-0.2, 0) is 10.5 Å². The smallest absolute Gasteiger partial charge is 0.307 e. The highest BCUT2D eigenvalue weighted by Crippen LogP contribution is 2.37. The van der Waals surface area contributed by atoms with Gasteiger partial charge < -0.3 is 5.32 Å². The van der Waals surface area contributed by atoms with Gasteiger partial charge in [0.1, 0.15) is 6.04 Å². The van der Waals surface area contributed by atoms with E-state index in [0.717, 1.165) is 0 Å². The summed E-state index contributed by atoms with van der Waals surface area (Å²) in [5.41, 5.74) is -0.579. The molecule has 3 amide bonds. The third-order valence-corrected chi connectivity index (χ3v) is 3.23. The van der Waals surface area contributed by atoms with E-state index in [1.54, 1.807) is 29.2 Å². The molecule has 3 atom stereocenters. The molecule has 2 aliphatic heterocycles. The number of nitrogens with zero attached hydrogens (tertiary/aromatic N) is 2. The van der Waals surface area contributed by atoms with Crippen molar-refractivity contribution in [1.82, 2.24) is 15.5 Å². The summed E-state index contributed by atoms with van der Waals surface area (Å²) in [6.45, 7) is 0.471. The van der Waals surface area contributed by atoms with Crippen molar-refractivity contribution in [2.24, 2.45) is 0 Å². The molecule has 2 N–H and O–H groups in total. The number of hydrogen-bond acceptors (Lipinski definition) is 4. The number of nitrogens with one attached hydrogen (secondary N) is 2. The van der Waals surface area contributed by atoms with Crippen LogP contribution in [0.3, 0.4) is 0 Å². The van der Waals surface area contributed by atoms with Crippen LogP contribution in [0.1, 0.15) is 5.56 Å². The van der Waals surface area contributed by atoms with E-state index < -0.39 is 17.6 Å². The summed E-state index contributed by atoms with van der Waals surface area (Å²) in [6.07, 6.45) is 0. The highest BCUT2D eigenvalue weighted by atomic mass is 16.2. The van der Waals surface area contributed by atoms with E-state index >= 15 is 0 Å². The normalized spacial score (nSPS) is 33.5. The number of benzene rings is 1. The standard InChI is InChI=1S/C12H10N4O2/c13-6-9-7-16(9)12(8-4-2-1-3-5-8)10(17)14-11(18)15-12/h1-5,9H,7H2,(H2,14,15,17,18). The van der Waals surface area contributed by atoms with Gasteiger partial charge in [-0.15, -0.1) is 0 Å². The fourth-order valence-electron chi connectivity index (χ4n) is 2.32. The topological polar surface area (TPSA) is 85.0 Å². The van der Waals surface area contributed by atoms with Crippen LogP contribution in [0.25, 0.3) is 0 Å². The molecule has 0 bridgehead atoms. The van der Waals surface area contributed by atoms with Gasteiger partial charge in [-0.05, 0) is 0 Å². The lowest BCUT2D eigenvalue weighted by molar-refractivity contribution is -0.128. The molecular weight excluding hydrogens is 232 g/mol. The van der Waals surface area contributed by atoms with Gasteiger partial charge in [-0.2, -0.15) is 5.26 Å². The molecule has 3 unspecified atom stereocenters. The maximum absolute atomic E-state index is 12.1. The summed E-state index contributed by atoms with van der Waals surface area (Å²) in [5, 5.41) is 13.8. The van der Waals surface area contributed by atoms with E-state index in [0.29, 0.717) is 12.1 Å². The van der Waals surface area contributed by atoms with Crippen molar-refractivity contribution in [1.29, 1.82) is 5.26 Å². The molecule has 1 aromatic rings. The predicted octanol–water partition coefficient (Wildman–Crippen LogP) is -0.113. The molecule has 2 fully saturated rings. The van der Waals surface area contributed by atoms with Crippen LogP contribution in [0, 0.1) is 11.3 Å². The molecule has 6 heteroatoms. The van der Waals surface area contributed by atoms with Gasteiger partial charge in [0, 0.05) is 12.1 Å². The Kier molecular flexibility index (Phi) is 2.12. The van der Waals surface area contributed by atoms with Gasteiger partial charge in [0.05, 0.1) is 6.07 Å². The van der Waals surface area contributed by atoms with Gasteiger partial charge >= 0.3 is 6.03 Å². The van der Waals surface area contributed by atoms with Crippen LogP contribution in [0.5, 0.6) is 0 Å². The fraction of sp³-hybridized carbons (Fsp3) is 0.250. The van der Waals surface area contributed by atoms with Crippen LogP contribution in [0.4, 0.5) is 4.79 Å². The number of nitriles is 1. The number of imide groups is 1. The Morgan fingerprint density at radius 2 is 2.06 bits per heavy atom.